The van der Waals surface area contributed by atoms with E-state index in [1.54, 1.807) is 6.07 Å². The van der Waals surface area contributed by atoms with Crippen molar-refractivity contribution in [3.63, 3.8) is 0 Å². The molecule has 1 unspecified atom stereocenters. The van der Waals surface area contributed by atoms with E-state index in [-0.39, 0.29) is 5.69 Å². The second-order valence-corrected chi connectivity index (χ2v) is 3.17. The van der Waals surface area contributed by atoms with Crippen molar-refractivity contribution in [1.82, 2.24) is 5.32 Å². The van der Waals surface area contributed by atoms with Gasteiger partial charge in [0.1, 0.15) is 17.6 Å². The maximum absolute atomic E-state index is 13.2. The number of carbonyl (C=O) groups excluding carboxylic acids is 1. The number of rotatable bonds is 3. The van der Waals surface area contributed by atoms with Gasteiger partial charge in [0.15, 0.2) is 6.04 Å². The van der Waals surface area contributed by atoms with Crippen LogP contribution in [0.15, 0.2) is 24.3 Å². The first-order valence-corrected chi connectivity index (χ1v) is 4.78. The summed E-state index contributed by atoms with van der Waals surface area (Å²) < 4.78 is 13.2. The van der Waals surface area contributed by atoms with Crippen molar-refractivity contribution in [3.05, 3.63) is 30.1 Å². The van der Waals surface area contributed by atoms with Crippen LogP contribution in [0.5, 0.6) is 0 Å². The van der Waals surface area contributed by atoms with Crippen LogP contribution in [0.1, 0.15) is 0 Å². The zero-order chi connectivity index (χ0) is 13.5. The second-order valence-electron chi connectivity index (χ2n) is 3.17. The summed E-state index contributed by atoms with van der Waals surface area (Å²) >= 11 is 0. The van der Waals surface area contributed by atoms with Gasteiger partial charge in [-0.05, 0) is 12.1 Å². The maximum Gasteiger partial charge on any atom is 0.320 e. The summed E-state index contributed by atoms with van der Waals surface area (Å²) in [5.74, 6) is -0.628. The first kappa shape index (κ1) is 13.1. The van der Waals surface area contributed by atoms with Crippen molar-refractivity contribution in [3.8, 4) is 12.1 Å². The van der Waals surface area contributed by atoms with Crippen LogP contribution < -0.4 is 10.6 Å². The lowest BCUT2D eigenvalue weighted by Gasteiger charge is -2.10. The van der Waals surface area contributed by atoms with Crippen LogP contribution in [-0.2, 0) is 0 Å². The second kappa shape index (κ2) is 5.97. The summed E-state index contributed by atoms with van der Waals surface area (Å²) in [6, 6.07) is 6.27. The molecule has 90 valence electrons. The highest BCUT2D eigenvalue weighted by Crippen LogP contribution is 2.11. The third-order valence-corrected chi connectivity index (χ3v) is 1.94. The van der Waals surface area contributed by atoms with Gasteiger partial charge in [-0.2, -0.15) is 10.5 Å². The van der Waals surface area contributed by atoms with Crippen LogP contribution in [0, 0.1) is 33.9 Å². The van der Waals surface area contributed by atoms with Crippen LogP contribution in [0.2, 0.25) is 0 Å². The Kier molecular flexibility index (Phi) is 4.35. The molecular weight excluding hydrogens is 237 g/mol. The Morgan fingerprint density at radius 2 is 2.06 bits per heavy atom. The molecule has 1 atom stereocenters. The number of hydrogen-bond acceptors (Lipinski definition) is 4. The van der Waals surface area contributed by atoms with E-state index in [0.29, 0.717) is 0 Å². The molecule has 1 rings (SSSR count). The van der Waals surface area contributed by atoms with Crippen LogP contribution in [-0.4, -0.2) is 17.8 Å². The molecule has 0 radical (unpaired) electrons. The number of para-hydroxylation sites is 1. The molecule has 6 nitrogen and oxygen atoms in total. The van der Waals surface area contributed by atoms with Gasteiger partial charge in [-0.1, -0.05) is 12.1 Å². The van der Waals surface area contributed by atoms with Gasteiger partial charge in [-0.25, -0.2) is 9.18 Å². The number of anilines is 1. The Morgan fingerprint density at radius 3 is 2.61 bits per heavy atom. The lowest BCUT2D eigenvalue weighted by atomic mass is 10.2. The molecule has 2 amide bonds. The Hall–Kier alpha value is -2.93. The molecule has 0 spiro atoms. The predicted octanol–water partition coefficient (Wildman–Crippen LogP) is 1.38. The number of hydrogen-bond donors (Lipinski definition) is 3. The maximum atomic E-state index is 13.2. The SMILES string of the molecule is N#CC(=N)C(C#N)NC(=O)Nc1ccccc1F. The number of nitrogens with zero attached hydrogens (tertiary/aromatic N) is 2. The summed E-state index contributed by atoms with van der Waals surface area (Å²) in [6.07, 6.45) is 0. The minimum absolute atomic E-state index is 0.0600. The standard InChI is InChI=1S/C11H8FN5O/c12-7-3-1-2-4-9(7)16-11(18)17-10(6-14)8(15)5-13/h1-4,10,15H,(H2,16,17,18). The minimum Gasteiger partial charge on any atom is -0.316 e. The van der Waals surface area contributed by atoms with Crippen LogP contribution in [0.3, 0.4) is 0 Å². The van der Waals surface area contributed by atoms with Crippen molar-refractivity contribution in [2.75, 3.05) is 5.32 Å². The lowest BCUT2D eigenvalue weighted by Crippen LogP contribution is -2.41. The average molecular weight is 245 g/mol. The number of nitriles is 2. The molecule has 18 heavy (non-hydrogen) atoms. The molecule has 0 heterocycles. The molecule has 0 aliphatic rings. The topological polar surface area (TPSA) is 113 Å². The summed E-state index contributed by atoms with van der Waals surface area (Å²) in [6.45, 7) is 0. The van der Waals surface area contributed by atoms with Crippen molar-refractivity contribution < 1.29 is 9.18 Å². The van der Waals surface area contributed by atoms with Crippen LogP contribution in [0.25, 0.3) is 0 Å². The highest BCUT2D eigenvalue weighted by molar-refractivity contribution is 6.04. The number of nitrogens with one attached hydrogen (secondary N) is 3. The zero-order valence-electron chi connectivity index (χ0n) is 9.07. The van der Waals surface area contributed by atoms with E-state index in [0.717, 1.165) is 6.07 Å². The van der Waals surface area contributed by atoms with Crippen molar-refractivity contribution in [2.45, 2.75) is 6.04 Å². The molecule has 0 bridgehead atoms. The van der Waals surface area contributed by atoms with Crippen LogP contribution in [0.4, 0.5) is 14.9 Å². The van der Waals surface area contributed by atoms with Gasteiger partial charge in [0.2, 0.25) is 0 Å². The van der Waals surface area contributed by atoms with Crippen molar-refractivity contribution in [1.29, 1.82) is 15.9 Å². The fraction of sp³-hybridized carbons (Fsp3) is 0.0909. The molecule has 7 heteroatoms. The van der Waals surface area contributed by atoms with E-state index < -0.39 is 23.6 Å². The van der Waals surface area contributed by atoms with E-state index in [1.165, 1.54) is 24.3 Å². The van der Waals surface area contributed by atoms with Gasteiger partial charge in [-0.3, -0.25) is 5.41 Å². The Balaban J connectivity index is 2.69. The van der Waals surface area contributed by atoms with Gasteiger partial charge in [0, 0.05) is 0 Å². The molecule has 1 aromatic carbocycles. The van der Waals surface area contributed by atoms with E-state index in [9.17, 15) is 9.18 Å². The highest BCUT2D eigenvalue weighted by Gasteiger charge is 2.16. The van der Waals surface area contributed by atoms with Gasteiger partial charge in [-0.15, -0.1) is 0 Å². The smallest absolute Gasteiger partial charge is 0.316 e. The summed E-state index contributed by atoms with van der Waals surface area (Å²) in [5.41, 5.74) is -0.656. The van der Waals surface area contributed by atoms with Gasteiger partial charge in [0.05, 0.1) is 11.8 Å². The molecule has 0 saturated carbocycles. The van der Waals surface area contributed by atoms with Crippen molar-refractivity contribution >= 4 is 17.4 Å². The lowest BCUT2D eigenvalue weighted by molar-refractivity contribution is 0.252. The first-order chi connectivity index (χ1) is 8.58. The number of benzene rings is 1. The molecule has 0 fully saturated rings. The fourth-order valence-corrected chi connectivity index (χ4v) is 1.09. The number of urea groups is 1. The van der Waals surface area contributed by atoms with Gasteiger partial charge < -0.3 is 10.6 Å². The Morgan fingerprint density at radius 1 is 1.39 bits per heavy atom. The number of carbonyl (C=O) groups is 1. The Bertz CT molecular complexity index is 557. The molecular formula is C11H8FN5O. The molecule has 3 N–H and O–H groups in total. The third kappa shape index (κ3) is 3.29. The van der Waals surface area contributed by atoms with Gasteiger partial charge >= 0.3 is 6.03 Å². The normalized spacial score (nSPS) is 10.6. The zero-order valence-corrected chi connectivity index (χ0v) is 9.07. The van der Waals surface area contributed by atoms with Crippen molar-refractivity contribution in [2.24, 2.45) is 0 Å². The Labute approximate surface area is 102 Å². The third-order valence-electron chi connectivity index (χ3n) is 1.94. The summed E-state index contributed by atoms with van der Waals surface area (Å²) in [7, 11) is 0. The van der Waals surface area contributed by atoms with Gasteiger partial charge in [0.25, 0.3) is 0 Å². The molecule has 1 aromatic rings. The molecule has 0 aliphatic heterocycles. The molecule has 0 aromatic heterocycles. The average Bonchev–Trinajstić information content (AvgIpc) is 2.37. The van der Waals surface area contributed by atoms with Crippen LogP contribution >= 0.6 is 0 Å². The fourth-order valence-electron chi connectivity index (χ4n) is 1.09. The van der Waals surface area contributed by atoms with E-state index in [4.69, 9.17) is 15.9 Å². The van der Waals surface area contributed by atoms with E-state index in [2.05, 4.69) is 10.6 Å². The molecule has 0 aliphatic carbocycles. The van der Waals surface area contributed by atoms with E-state index >= 15 is 0 Å². The monoisotopic (exact) mass is 245 g/mol. The summed E-state index contributed by atoms with van der Waals surface area (Å²) in [5, 5.41) is 28.4. The van der Waals surface area contributed by atoms with E-state index in [1.807, 2.05) is 0 Å². The summed E-state index contributed by atoms with van der Waals surface area (Å²) in [4.78, 5) is 11.4. The number of halogens is 1. The quantitative estimate of drug-likeness (QED) is 0.699. The predicted molar refractivity (Wildman–Crippen MR) is 61.3 cm³/mol. The highest BCUT2D eigenvalue weighted by atomic mass is 19.1. The largest absolute Gasteiger partial charge is 0.320 e. The minimum atomic E-state index is -1.36. The first-order valence-electron chi connectivity index (χ1n) is 4.78. The molecule has 0 saturated heterocycles. The number of amides is 2.